The van der Waals surface area contributed by atoms with Gasteiger partial charge >= 0.3 is 6.09 Å². The molecule has 1 amide bonds. The van der Waals surface area contributed by atoms with Crippen LogP contribution in [-0.4, -0.2) is 32.3 Å². The van der Waals surface area contributed by atoms with Crippen molar-refractivity contribution >= 4 is 6.09 Å². The number of hydrogen-bond donors (Lipinski definition) is 1. The molecule has 7 heteroatoms. The van der Waals surface area contributed by atoms with E-state index in [0.29, 0.717) is 11.4 Å². The van der Waals surface area contributed by atoms with Gasteiger partial charge in [-0.15, -0.1) is 5.10 Å². The topological polar surface area (TPSA) is 81.9 Å². The van der Waals surface area contributed by atoms with Gasteiger partial charge in [0.2, 0.25) is 0 Å². The van der Waals surface area contributed by atoms with Gasteiger partial charge in [-0.25, -0.2) is 9.48 Å². The summed E-state index contributed by atoms with van der Waals surface area (Å²) < 4.78 is 7.16. The Labute approximate surface area is 187 Å². The number of carbonyl (C=O) groups is 1. The van der Waals surface area contributed by atoms with Crippen molar-refractivity contribution in [2.45, 2.75) is 32.7 Å². The number of benzene rings is 3. The molecule has 0 spiro atoms. The first-order valence-corrected chi connectivity index (χ1v) is 10.5. The zero-order valence-corrected chi connectivity index (χ0v) is 18.1. The first kappa shape index (κ1) is 21.2. The van der Waals surface area contributed by atoms with E-state index < -0.39 is 6.09 Å². The standard InChI is InChI=1S/C25H25N5O2/c1-18-8-12-21(13-9-18)22-14-23(30-17-26-28-29-30)16-24(15-22)32-25(31)27-19(2)10-11-20-6-4-3-5-7-20/h3-9,12-17,19H,10-11H2,1-2H3,(H,27,31). The molecule has 3 aromatic carbocycles. The molecule has 0 aliphatic heterocycles. The third-order valence-corrected chi connectivity index (χ3v) is 5.17. The summed E-state index contributed by atoms with van der Waals surface area (Å²) in [5.41, 5.74) is 5.02. The molecule has 0 fully saturated rings. The van der Waals surface area contributed by atoms with Gasteiger partial charge in [0.1, 0.15) is 12.1 Å². The quantitative estimate of drug-likeness (QED) is 0.460. The average molecular weight is 428 g/mol. The Hall–Kier alpha value is -4.00. The van der Waals surface area contributed by atoms with Crippen LogP contribution < -0.4 is 10.1 Å². The summed E-state index contributed by atoms with van der Waals surface area (Å²) in [6.07, 6.45) is 2.71. The molecule has 1 heterocycles. The van der Waals surface area contributed by atoms with Gasteiger partial charge in [-0.1, -0.05) is 60.2 Å². The van der Waals surface area contributed by atoms with Crippen molar-refractivity contribution in [3.05, 3.63) is 90.3 Å². The molecule has 1 unspecified atom stereocenters. The second-order valence-corrected chi connectivity index (χ2v) is 7.80. The van der Waals surface area contributed by atoms with E-state index in [-0.39, 0.29) is 6.04 Å². The maximum absolute atomic E-state index is 12.5. The molecule has 0 bridgehead atoms. The first-order chi connectivity index (χ1) is 15.6. The van der Waals surface area contributed by atoms with Crippen molar-refractivity contribution in [2.75, 3.05) is 0 Å². The van der Waals surface area contributed by atoms with Gasteiger partial charge in [-0.05, 0) is 65.9 Å². The normalized spacial score (nSPS) is 11.7. The average Bonchev–Trinajstić information content (AvgIpc) is 3.34. The maximum Gasteiger partial charge on any atom is 0.412 e. The SMILES string of the molecule is Cc1ccc(-c2cc(OC(=O)NC(C)CCc3ccccc3)cc(-n3cnnn3)c2)cc1. The van der Waals surface area contributed by atoms with Crippen LogP contribution in [-0.2, 0) is 6.42 Å². The highest BCUT2D eigenvalue weighted by Gasteiger charge is 2.13. The Morgan fingerprint density at radius 2 is 1.81 bits per heavy atom. The van der Waals surface area contributed by atoms with Crippen LogP contribution in [0.2, 0.25) is 0 Å². The van der Waals surface area contributed by atoms with E-state index in [1.807, 2.05) is 68.4 Å². The molecular formula is C25H25N5O2. The lowest BCUT2D eigenvalue weighted by atomic mass is 10.0. The minimum absolute atomic E-state index is 0.0260. The molecule has 4 aromatic rings. The van der Waals surface area contributed by atoms with Crippen LogP contribution in [0.25, 0.3) is 16.8 Å². The summed E-state index contributed by atoms with van der Waals surface area (Å²) in [5, 5.41) is 14.3. The molecule has 0 radical (unpaired) electrons. The van der Waals surface area contributed by atoms with Gasteiger partial charge in [0.05, 0.1) is 5.69 Å². The third-order valence-electron chi connectivity index (χ3n) is 5.17. The van der Waals surface area contributed by atoms with Gasteiger partial charge in [0, 0.05) is 12.1 Å². The van der Waals surface area contributed by atoms with Crippen molar-refractivity contribution < 1.29 is 9.53 Å². The van der Waals surface area contributed by atoms with Gasteiger partial charge < -0.3 is 10.1 Å². The van der Waals surface area contributed by atoms with Crippen LogP contribution in [0.15, 0.2) is 79.1 Å². The Bertz CT molecular complexity index is 1160. The zero-order valence-electron chi connectivity index (χ0n) is 18.1. The summed E-state index contributed by atoms with van der Waals surface area (Å²) in [6, 6.07) is 23.9. The van der Waals surface area contributed by atoms with Crippen LogP contribution in [0.5, 0.6) is 5.75 Å². The van der Waals surface area contributed by atoms with Crippen molar-refractivity contribution in [1.29, 1.82) is 0 Å². The number of rotatable bonds is 7. The van der Waals surface area contributed by atoms with Crippen LogP contribution >= 0.6 is 0 Å². The second kappa shape index (κ2) is 9.87. The zero-order chi connectivity index (χ0) is 22.3. The summed E-state index contributed by atoms with van der Waals surface area (Å²) in [4.78, 5) is 12.5. The minimum atomic E-state index is -0.491. The van der Waals surface area contributed by atoms with E-state index in [1.165, 1.54) is 22.1 Å². The van der Waals surface area contributed by atoms with Crippen LogP contribution in [0.3, 0.4) is 0 Å². The van der Waals surface area contributed by atoms with Crippen molar-refractivity contribution in [1.82, 2.24) is 25.5 Å². The van der Waals surface area contributed by atoms with E-state index in [4.69, 9.17) is 4.74 Å². The number of ether oxygens (including phenoxy) is 1. The summed E-state index contributed by atoms with van der Waals surface area (Å²) >= 11 is 0. The molecule has 162 valence electrons. The Morgan fingerprint density at radius 1 is 1.03 bits per heavy atom. The summed E-state index contributed by atoms with van der Waals surface area (Å²) in [6.45, 7) is 4.01. The van der Waals surface area contributed by atoms with E-state index in [2.05, 4.69) is 33.0 Å². The van der Waals surface area contributed by atoms with E-state index in [0.717, 1.165) is 24.0 Å². The van der Waals surface area contributed by atoms with E-state index >= 15 is 0 Å². The lowest BCUT2D eigenvalue weighted by Gasteiger charge is -2.15. The molecular weight excluding hydrogens is 402 g/mol. The molecule has 1 N–H and O–H groups in total. The minimum Gasteiger partial charge on any atom is -0.410 e. The molecule has 7 nitrogen and oxygen atoms in total. The number of nitrogens with one attached hydrogen (secondary N) is 1. The molecule has 0 saturated carbocycles. The van der Waals surface area contributed by atoms with Crippen LogP contribution in [0.4, 0.5) is 4.79 Å². The Kier molecular flexibility index (Phi) is 6.55. The van der Waals surface area contributed by atoms with Gasteiger partial charge in [0.25, 0.3) is 0 Å². The highest BCUT2D eigenvalue weighted by Crippen LogP contribution is 2.28. The number of hydrogen-bond acceptors (Lipinski definition) is 5. The monoisotopic (exact) mass is 427 g/mol. The number of tetrazole rings is 1. The van der Waals surface area contributed by atoms with Gasteiger partial charge in [-0.2, -0.15) is 0 Å². The van der Waals surface area contributed by atoms with Crippen LogP contribution in [0, 0.1) is 6.92 Å². The molecule has 0 aliphatic carbocycles. The number of aromatic nitrogens is 4. The molecule has 0 aliphatic rings. The number of carbonyl (C=O) groups excluding carboxylic acids is 1. The lowest BCUT2D eigenvalue weighted by Crippen LogP contribution is -2.35. The van der Waals surface area contributed by atoms with E-state index in [1.54, 1.807) is 6.07 Å². The third kappa shape index (κ3) is 5.57. The number of amides is 1. The molecule has 0 saturated heterocycles. The van der Waals surface area contributed by atoms with Crippen molar-refractivity contribution in [3.63, 3.8) is 0 Å². The predicted octanol–water partition coefficient (Wildman–Crippen LogP) is 4.75. The smallest absolute Gasteiger partial charge is 0.410 e. The fourth-order valence-electron chi connectivity index (χ4n) is 3.40. The fraction of sp³-hybridized carbons (Fsp3) is 0.200. The van der Waals surface area contributed by atoms with E-state index in [9.17, 15) is 4.79 Å². The fourth-order valence-corrected chi connectivity index (χ4v) is 3.40. The highest BCUT2D eigenvalue weighted by atomic mass is 16.6. The van der Waals surface area contributed by atoms with Crippen LogP contribution in [0.1, 0.15) is 24.5 Å². The first-order valence-electron chi connectivity index (χ1n) is 10.5. The maximum atomic E-state index is 12.5. The van der Waals surface area contributed by atoms with Gasteiger partial charge in [0.15, 0.2) is 0 Å². The lowest BCUT2D eigenvalue weighted by molar-refractivity contribution is 0.196. The highest BCUT2D eigenvalue weighted by molar-refractivity contribution is 5.74. The summed E-state index contributed by atoms with van der Waals surface area (Å²) in [7, 11) is 0. The Balaban J connectivity index is 1.48. The molecule has 1 atom stereocenters. The van der Waals surface area contributed by atoms with Crippen molar-refractivity contribution in [3.8, 4) is 22.6 Å². The van der Waals surface area contributed by atoms with Crippen molar-refractivity contribution in [2.24, 2.45) is 0 Å². The Morgan fingerprint density at radius 3 is 2.53 bits per heavy atom. The van der Waals surface area contributed by atoms with Gasteiger partial charge in [-0.3, -0.25) is 0 Å². The molecule has 4 rings (SSSR count). The molecule has 32 heavy (non-hydrogen) atoms. The largest absolute Gasteiger partial charge is 0.412 e. The number of nitrogens with zero attached hydrogens (tertiary/aromatic N) is 4. The molecule has 1 aromatic heterocycles. The second-order valence-electron chi connectivity index (χ2n) is 7.80. The predicted molar refractivity (Wildman–Crippen MR) is 123 cm³/mol. The summed E-state index contributed by atoms with van der Waals surface area (Å²) in [5.74, 6) is 0.418. The number of aryl methyl sites for hydroxylation is 2.